The summed E-state index contributed by atoms with van der Waals surface area (Å²) in [5.41, 5.74) is 1.70. The first kappa shape index (κ1) is 21.7. The molecule has 2 rings (SSSR count). The van der Waals surface area contributed by atoms with Crippen molar-refractivity contribution in [3.8, 4) is 0 Å². The van der Waals surface area contributed by atoms with E-state index in [-0.39, 0.29) is 30.7 Å². The van der Waals surface area contributed by atoms with Crippen molar-refractivity contribution in [1.29, 1.82) is 0 Å². The Balaban J connectivity index is 0.00000242. The molecule has 2 aromatic rings. The minimum atomic E-state index is -0.152. The Bertz CT molecular complexity index is 614. The van der Waals surface area contributed by atoms with Gasteiger partial charge in [-0.15, -0.1) is 24.8 Å². The summed E-state index contributed by atoms with van der Waals surface area (Å²) >= 11 is 0. The highest BCUT2D eigenvalue weighted by Crippen LogP contribution is 2.26. The van der Waals surface area contributed by atoms with Crippen LogP contribution in [0.2, 0.25) is 0 Å². The Morgan fingerprint density at radius 3 is 2.52 bits per heavy atom. The third kappa shape index (κ3) is 5.70. The highest BCUT2D eigenvalue weighted by Gasteiger charge is 2.20. The maximum Gasteiger partial charge on any atom is 0.287 e. The van der Waals surface area contributed by atoms with Gasteiger partial charge in [0.1, 0.15) is 5.58 Å². The maximum absolute atomic E-state index is 12.3. The Labute approximate surface area is 149 Å². The van der Waals surface area contributed by atoms with Crippen molar-refractivity contribution in [2.45, 2.75) is 13.5 Å². The van der Waals surface area contributed by atoms with E-state index in [0.29, 0.717) is 18.8 Å². The summed E-state index contributed by atoms with van der Waals surface area (Å²) in [6.07, 6.45) is 0. The van der Waals surface area contributed by atoms with Crippen LogP contribution in [0.15, 0.2) is 28.7 Å². The molecule has 0 fully saturated rings. The first-order valence-electron chi connectivity index (χ1n) is 7.27. The van der Waals surface area contributed by atoms with Crippen LogP contribution in [0.25, 0.3) is 11.0 Å². The molecular weight excluding hydrogens is 337 g/mol. The Hall–Kier alpha value is -1.27. The van der Waals surface area contributed by atoms with Gasteiger partial charge in [0.05, 0.1) is 0 Å². The summed E-state index contributed by atoms with van der Waals surface area (Å²) < 4.78 is 5.76. The largest absolute Gasteiger partial charge is 0.451 e. The zero-order chi connectivity index (χ0) is 15.2. The number of fused-ring (bicyclic) bond motifs is 1. The molecule has 0 bridgehead atoms. The smallest absolute Gasteiger partial charge is 0.287 e. The average Bonchev–Trinajstić information content (AvgIpc) is 2.82. The number of hydrogen-bond donors (Lipinski definition) is 2. The number of furan rings is 1. The van der Waals surface area contributed by atoms with Crippen LogP contribution in [0.1, 0.15) is 23.0 Å². The van der Waals surface area contributed by atoms with Gasteiger partial charge in [0.15, 0.2) is 5.76 Å². The van der Waals surface area contributed by atoms with Gasteiger partial charge in [-0.05, 0) is 26.7 Å². The predicted molar refractivity (Wildman–Crippen MR) is 99.0 cm³/mol. The van der Waals surface area contributed by atoms with Gasteiger partial charge in [-0.1, -0.05) is 25.1 Å². The summed E-state index contributed by atoms with van der Waals surface area (Å²) in [6, 6.07) is 7.76. The summed E-state index contributed by atoms with van der Waals surface area (Å²) in [6.45, 7) is 4.95. The number of carbonyl (C=O) groups excluding carboxylic acids is 1. The Kier molecular flexibility index (Phi) is 9.91. The molecule has 0 aliphatic carbocycles. The van der Waals surface area contributed by atoms with Crippen LogP contribution in [-0.2, 0) is 6.54 Å². The van der Waals surface area contributed by atoms with Crippen molar-refractivity contribution in [3.05, 3.63) is 35.6 Å². The first-order chi connectivity index (χ1) is 10.1. The molecule has 0 aliphatic heterocycles. The second-order valence-electron chi connectivity index (χ2n) is 5.25. The minimum Gasteiger partial charge on any atom is -0.451 e. The average molecular weight is 362 g/mol. The molecule has 23 heavy (non-hydrogen) atoms. The van der Waals surface area contributed by atoms with E-state index in [9.17, 15) is 4.79 Å². The zero-order valence-electron chi connectivity index (χ0n) is 13.7. The molecule has 0 saturated heterocycles. The van der Waals surface area contributed by atoms with Crippen LogP contribution < -0.4 is 10.6 Å². The maximum atomic E-state index is 12.3. The van der Waals surface area contributed by atoms with E-state index in [1.807, 2.05) is 50.2 Å². The number of halogens is 2. The fourth-order valence-corrected chi connectivity index (χ4v) is 2.28. The molecule has 0 spiro atoms. The summed E-state index contributed by atoms with van der Waals surface area (Å²) in [7, 11) is 3.96. The number of benzene rings is 1. The third-order valence-electron chi connectivity index (χ3n) is 3.22. The Morgan fingerprint density at radius 2 is 1.87 bits per heavy atom. The summed E-state index contributed by atoms with van der Waals surface area (Å²) in [5, 5.41) is 7.07. The number of para-hydroxylation sites is 1. The SMILES string of the molecule is CCNCCNC(=O)c1oc2ccccc2c1CN(C)C.Cl.Cl. The van der Waals surface area contributed by atoms with Gasteiger partial charge in [0.25, 0.3) is 5.91 Å². The van der Waals surface area contributed by atoms with E-state index in [2.05, 4.69) is 10.6 Å². The molecule has 2 N–H and O–H groups in total. The van der Waals surface area contributed by atoms with Crippen molar-refractivity contribution in [3.63, 3.8) is 0 Å². The zero-order valence-corrected chi connectivity index (χ0v) is 15.4. The van der Waals surface area contributed by atoms with Crippen molar-refractivity contribution >= 4 is 41.7 Å². The number of amides is 1. The highest BCUT2D eigenvalue weighted by atomic mass is 35.5. The monoisotopic (exact) mass is 361 g/mol. The molecule has 5 nitrogen and oxygen atoms in total. The third-order valence-corrected chi connectivity index (χ3v) is 3.22. The van der Waals surface area contributed by atoms with E-state index < -0.39 is 0 Å². The highest BCUT2D eigenvalue weighted by molar-refractivity contribution is 5.99. The Morgan fingerprint density at radius 1 is 1.17 bits per heavy atom. The van der Waals surface area contributed by atoms with Gasteiger partial charge in [-0.2, -0.15) is 0 Å². The molecule has 0 aliphatic rings. The molecule has 7 heteroatoms. The predicted octanol–water partition coefficient (Wildman–Crippen LogP) is 2.68. The minimum absolute atomic E-state index is 0. The molecule has 1 amide bonds. The second-order valence-corrected chi connectivity index (χ2v) is 5.25. The van der Waals surface area contributed by atoms with Gasteiger partial charge in [0.2, 0.25) is 0 Å². The van der Waals surface area contributed by atoms with Gasteiger partial charge in [0, 0.05) is 30.6 Å². The normalized spacial score (nSPS) is 10.3. The standard InChI is InChI=1S/C16H23N3O2.2ClH/c1-4-17-9-10-18-16(20)15-13(11-19(2)3)12-7-5-6-8-14(12)21-15;;/h5-8,17H,4,9-11H2,1-3H3,(H,18,20);2*1H. The van der Waals surface area contributed by atoms with E-state index in [4.69, 9.17) is 4.42 Å². The van der Waals surface area contributed by atoms with Gasteiger partial charge in [-0.3, -0.25) is 4.79 Å². The van der Waals surface area contributed by atoms with Crippen molar-refractivity contribution in [2.24, 2.45) is 0 Å². The molecule has 130 valence electrons. The number of nitrogens with zero attached hydrogens (tertiary/aromatic N) is 1. The molecule has 0 radical (unpaired) electrons. The fraction of sp³-hybridized carbons (Fsp3) is 0.438. The number of rotatable bonds is 7. The number of hydrogen-bond acceptors (Lipinski definition) is 4. The lowest BCUT2D eigenvalue weighted by Gasteiger charge is -2.10. The molecule has 1 aromatic carbocycles. The van der Waals surface area contributed by atoms with Crippen LogP contribution in [0.4, 0.5) is 0 Å². The first-order valence-corrected chi connectivity index (χ1v) is 7.27. The summed E-state index contributed by atoms with van der Waals surface area (Å²) in [5.74, 6) is 0.266. The van der Waals surface area contributed by atoms with Crippen LogP contribution in [0.3, 0.4) is 0 Å². The number of carbonyl (C=O) groups is 1. The van der Waals surface area contributed by atoms with Crippen molar-refractivity contribution in [1.82, 2.24) is 15.5 Å². The van der Waals surface area contributed by atoms with E-state index in [1.54, 1.807) is 0 Å². The van der Waals surface area contributed by atoms with E-state index in [0.717, 1.165) is 29.6 Å². The summed E-state index contributed by atoms with van der Waals surface area (Å²) in [4.78, 5) is 14.4. The van der Waals surface area contributed by atoms with Gasteiger partial charge >= 0.3 is 0 Å². The van der Waals surface area contributed by atoms with E-state index >= 15 is 0 Å². The number of nitrogens with one attached hydrogen (secondary N) is 2. The van der Waals surface area contributed by atoms with Gasteiger partial charge < -0.3 is 20.0 Å². The molecular formula is C16H25Cl2N3O2. The molecule has 0 unspecified atom stereocenters. The second kappa shape index (κ2) is 10.5. The van der Waals surface area contributed by atoms with Crippen LogP contribution in [0.5, 0.6) is 0 Å². The molecule has 0 atom stereocenters. The quantitative estimate of drug-likeness (QED) is 0.744. The number of likely N-dealkylation sites (N-methyl/N-ethyl adjacent to an activating group) is 1. The molecule has 1 heterocycles. The van der Waals surface area contributed by atoms with Crippen LogP contribution in [0, 0.1) is 0 Å². The molecule has 0 saturated carbocycles. The van der Waals surface area contributed by atoms with Gasteiger partial charge in [-0.25, -0.2) is 0 Å². The van der Waals surface area contributed by atoms with Crippen LogP contribution in [-0.4, -0.2) is 44.5 Å². The lowest BCUT2D eigenvalue weighted by atomic mass is 10.1. The van der Waals surface area contributed by atoms with Crippen LogP contribution >= 0.6 is 24.8 Å². The molecule has 1 aromatic heterocycles. The topological polar surface area (TPSA) is 57.5 Å². The van der Waals surface area contributed by atoms with Crippen molar-refractivity contribution in [2.75, 3.05) is 33.7 Å². The van der Waals surface area contributed by atoms with E-state index in [1.165, 1.54) is 0 Å². The lowest BCUT2D eigenvalue weighted by Crippen LogP contribution is -2.32. The van der Waals surface area contributed by atoms with Crippen molar-refractivity contribution < 1.29 is 9.21 Å². The lowest BCUT2D eigenvalue weighted by molar-refractivity contribution is 0.0926. The fourth-order valence-electron chi connectivity index (χ4n) is 2.28.